The molecule has 2 atom stereocenters. The standard InChI is InChI=1S/C13H21N3O3S/c1-15(2)13(17)12-8(14)5-11(20-12)16-6-9(18-3)10(7-16)19-4/h5,9-10H,6-7,14H2,1-4H3. The summed E-state index contributed by atoms with van der Waals surface area (Å²) in [5.74, 6) is -0.0653. The van der Waals surface area contributed by atoms with Crippen molar-refractivity contribution in [3.8, 4) is 0 Å². The molecule has 6 nitrogen and oxygen atoms in total. The molecule has 0 spiro atoms. The monoisotopic (exact) mass is 299 g/mol. The average Bonchev–Trinajstić information content (AvgIpc) is 3.00. The molecule has 2 unspecified atom stereocenters. The summed E-state index contributed by atoms with van der Waals surface area (Å²) >= 11 is 1.42. The molecule has 1 aromatic rings. The number of carbonyl (C=O) groups is 1. The van der Waals surface area contributed by atoms with Gasteiger partial charge in [-0.3, -0.25) is 4.79 Å². The summed E-state index contributed by atoms with van der Waals surface area (Å²) in [6.07, 6.45) is 0.0765. The van der Waals surface area contributed by atoms with Crippen molar-refractivity contribution >= 4 is 27.9 Å². The van der Waals surface area contributed by atoms with E-state index >= 15 is 0 Å². The van der Waals surface area contributed by atoms with Crippen molar-refractivity contribution in [2.24, 2.45) is 0 Å². The summed E-state index contributed by atoms with van der Waals surface area (Å²) in [6, 6.07) is 1.85. The number of anilines is 2. The molecular formula is C13H21N3O3S. The van der Waals surface area contributed by atoms with Crippen LogP contribution in [0.3, 0.4) is 0 Å². The molecule has 0 saturated carbocycles. The van der Waals surface area contributed by atoms with Gasteiger partial charge in [-0.1, -0.05) is 0 Å². The van der Waals surface area contributed by atoms with E-state index in [4.69, 9.17) is 15.2 Å². The molecule has 2 N–H and O–H groups in total. The summed E-state index contributed by atoms with van der Waals surface area (Å²) in [4.78, 5) is 16.3. The Morgan fingerprint density at radius 3 is 2.35 bits per heavy atom. The van der Waals surface area contributed by atoms with Gasteiger partial charge in [0.2, 0.25) is 0 Å². The summed E-state index contributed by atoms with van der Waals surface area (Å²) in [7, 11) is 6.81. The van der Waals surface area contributed by atoms with Crippen LogP contribution in [0.2, 0.25) is 0 Å². The van der Waals surface area contributed by atoms with E-state index in [0.29, 0.717) is 10.6 Å². The van der Waals surface area contributed by atoms with Crippen LogP contribution in [0, 0.1) is 0 Å². The summed E-state index contributed by atoms with van der Waals surface area (Å²) in [6.45, 7) is 1.48. The van der Waals surface area contributed by atoms with E-state index in [0.717, 1.165) is 18.1 Å². The minimum atomic E-state index is -0.0653. The normalized spacial score (nSPS) is 22.3. The molecule has 1 saturated heterocycles. The lowest BCUT2D eigenvalue weighted by atomic mass is 10.3. The van der Waals surface area contributed by atoms with E-state index in [1.807, 2.05) is 6.07 Å². The SMILES string of the molecule is COC1CN(c2cc(N)c(C(=O)N(C)C)s2)CC1OC. The summed E-state index contributed by atoms with van der Waals surface area (Å²) < 4.78 is 10.8. The van der Waals surface area contributed by atoms with Gasteiger partial charge < -0.3 is 25.0 Å². The predicted octanol–water partition coefficient (Wildman–Crippen LogP) is 0.882. The second-order valence-electron chi connectivity index (χ2n) is 5.02. The number of hydrogen-bond acceptors (Lipinski definition) is 6. The third kappa shape index (κ3) is 2.74. The second kappa shape index (κ2) is 5.99. The van der Waals surface area contributed by atoms with E-state index in [1.54, 1.807) is 28.3 Å². The second-order valence-corrected chi connectivity index (χ2v) is 6.05. The first-order valence-corrected chi connectivity index (χ1v) is 7.21. The van der Waals surface area contributed by atoms with Crippen molar-refractivity contribution in [3.63, 3.8) is 0 Å². The Morgan fingerprint density at radius 1 is 1.35 bits per heavy atom. The van der Waals surface area contributed by atoms with Crippen LogP contribution in [0.4, 0.5) is 10.7 Å². The van der Waals surface area contributed by atoms with E-state index in [1.165, 1.54) is 16.2 Å². The highest BCUT2D eigenvalue weighted by atomic mass is 32.1. The smallest absolute Gasteiger partial charge is 0.265 e. The molecule has 7 heteroatoms. The fraction of sp³-hybridized carbons (Fsp3) is 0.615. The topological polar surface area (TPSA) is 68.0 Å². The number of methoxy groups -OCH3 is 2. The molecule has 0 radical (unpaired) electrons. The first kappa shape index (κ1) is 15.1. The molecule has 1 aliphatic rings. The highest BCUT2D eigenvalue weighted by Gasteiger charge is 2.34. The highest BCUT2D eigenvalue weighted by molar-refractivity contribution is 7.18. The van der Waals surface area contributed by atoms with Crippen molar-refractivity contribution < 1.29 is 14.3 Å². The van der Waals surface area contributed by atoms with Gasteiger partial charge in [-0.2, -0.15) is 0 Å². The van der Waals surface area contributed by atoms with Crippen molar-refractivity contribution in [3.05, 3.63) is 10.9 Å². The van der Waals surface area contributed by atoms with Gasteiger partial charge in [0.05, 0.1) is 10.7 Å². The number of hydrogen-bond donors (Lipinski definition) is 1. The number of amides is 1. The fourth-order valence-electron chi connectivity index (χ4n) is 2.29. The maximum Gasteiger partial charge on any atom is 0.265 e. The predicted molar refractivity (Wildman–Crippen MR) is 80.6 cm³/mol. The zero-order valence-electron chi connectivity index (χ0n) is 12.3. The van der Waals surface area contributed by atoms with E-state index in [2.05, 4.69) is 4.90 Å². The van der Waals surface area contributed by atoms with Gasteiger partial charge in [0.15, 0.2) is 0 Å². The van der Waals surface area contributed by atoms with Crippen molar-refractivity contribution in [2.75, 3.05) is 52.0 Å². The van der Waals surface area contributed by atoms with Crippen LogP contribution in [0.5, 0.6) is 0 Å². The van der Waals surface area contributed by atoms with Crippen LogP contribution in [0.15, 0.2) is 6.07 Å². The lowest BCUT2D eigenvalue weighted by molar-refractivity contribution is -0.00461. The van der Waals surface area contributed by atoms with E-state index in [9.17, 15) is 4.79 Å². The first-order chi connectivity index (χ1) is 9.47. The third-order valence-electron chi connectivity index (χ3n) is 3.48. The highest BCUT2D eigenvalue weighted by Crippen LogP contribution is 2.35. The molecule has 2 heterocycles. The average molecular weight is 299 g/mol. The van der Waals surface area contributed by atoms with Gasteiger partial charge in [0.1, 0.15) is 17.1 Å². The van der Waals surface area contributed by atoms with Crippen molar-refractivity contribution in [1.29, 1.82) is 0 Å². The molecule has 1 amide bonds. The van der Waals surface area contributed by atoms with E-state index < -0.39 is 0 Å². The number of nitrogens with zero attached hydrogens (tertiary/aromatic N) is 2. The zero-order valence-corrected chi connectivity index (χ0v) is 13.1. The van der Waals surface area contributed by atoms with Crippen molar-refractivity contribution in [2.45, 2.75) is 12.2 Å². The number of thiophene rings is 1. The largest absolute Gasteiger partial charge is 0.397 e. The molecule has 112 valence electrons. The Morgan fingerprint density at radius 2 is 1.90 bits per heavy atom. The lowest BCUT2D eigenvalue weighted by Crippen LogP contribution is -2.27. The quantitative estimate of drug-likeness (QED) is 0.894. The van der Waals surface area contributed by atoms with Crippen molar-refractivity contribution in [1.82, 2.24) is 4.90 Å². The molecule has 2 rings (SSSR count). The molecule has 0 aliphatic carbocycles. The zero-order chi connectivity index (χ0) is 14.9. The number of nitrogens with two attached hydrogens (primary N) is 1. The molecule has 1 fully saturated rings. The molecular weight excluding hydrogens is 278 g/mol. The molecule has 1 aliphatic heterocycles. The Bertz CT molecular complexity index is 477. The molecule has 0 bridgehead atoms. The van der Waals surface area contributed by atoms with Crippen LogP contribution in [-0.4, -0.2) is 64.4 Å². The number of nitrogen functional groups attached to an aromatic ring is 1. The number of rotatable bonds is 4. The van der Waals surface area contributed by atoms with Gasteiger partial charge >= 0.3 is 0 Å². The van der Waals surface area contributed by atoms with Gasteiger partial charge in [-0.05, 0) is 6.07 Å². The minimum Gasteiger partial charge on any atom is -0.397 e. The first-order valence-electron chi connectivity index (χ1n) is 6.39. The summed E-state index contributed by atoms with van der Waals surface area (Å²) in [5.41, 5.74) is 6.48. The molecule has 1 aromatic heterocycles. The third-order valence-corrected chi connectivity index (χ3v) is 4.68. The lowest BCUT2D eigenvalue weighted by Gasteiger charge is -2.15. The van der Waals surface area contributed by atoms with Gasteiger partial charge in [-0.25, -0.2) is 0 Å². The molecule has 0 aromatic carbocycles. The Hall–Kier alpha value is -1.31. The summed E-state index contributed by atoms with van der Waals surface area (Å²) in [5, 5.41) is 0.981. The maximum absolute atomic E-state index is 12.0. The van der Waals surface area contributed by atoms with E-state index in [-0.39, 0.29) is 18.1 Å². The fourth-order valence-corrected chi connectivity index (χ4v) is 3.41. The van der Waals surface area contributed by atoms with Crippen LogP contribution >= 0.6 is 11.3 Å². The van der Waals surface area contributed by atoms with Gasteiger partial charge in [-0.15, -0.1) is 11.3 Å². The minimum absolute atomic E-state index is 0.0383. The maximum atomic E-state index is 12.0. The Kier molecular flexibility index (Phi) is 4.52. The Labute approximate surface area is 123 Å². The van der Waals surface area contributed by atoms with Crippen LogP contribution in [0.25, 0.3) is 0 Å². The Balaban J connectivity index is 2.19. The number of ether oxygens (including phenoxy) is 2. The van der Waals surface area contributed by atoms with Crippen LogP contribution < -0.4 is 10.6 Å². The van der Waals surface area contributed by atoms with Gasteiger partial charge in [0, 0.05) is 41.4 Å². The van der Waals surface area contributed by atoms with Crippen LogP contribution in [0.1, 0.15) is 9.67 Å². The number of carbonyl (C=O) groups excluding carboxylic acids is 1. The van der Waals surface area contributed by atoms with Gasteiger partial charge in [0.25, 0.3) is 5.91 Å². The van der Waals surface area contributed by atoms with Crippen LogP contribution in [-0.2, 0) is 9.47 Å². The molecule has 20 heavy (non-hydrogen) atoms.